The molecule has 2 rings (SSSR count). The fourth-order valence-corrected chi connectivity index (χ4v) is 2.24. The topological polar surface area (TPSA) is 75.5 Å². The molecule has 1 aromatic carbocycles. The molecular formula is C12H12ClN3O3. The minimum atomic E-state index is -0.840. The van der Waals surface area contributed by atoms with Crippen molar-refractivity contribution >= 4 is 17.6 Å². The lowest BCUT2D eigenvalue weighted by Crippen LogP contribution is -2.46. The lowest BCUT2D eigenvalue weighted by molar-refractivity contribution is -0.433. The van der Waals surface area contributed by atoms with E-state index >= 15 is 0 Å². The lowest BCUT2D eigenvalue weighted by atomic mass is 10.0. The normalized spacial score (nSPS) is 19.4. The number of hydrogen-bond donors (Lipinski definition) is 1. The van der Waals surface area contributed by atoms with Crippen LogP contribution in [-0.2, 0) is 0 Å². The maximum Gasteiger partial charge on any atom is 0.322 e. The Bertz CT molecular complexity index is 585. The molecule has 1 aromatic rings. The number of nitrogens with one attached hydrogen (secondary N) is 1. The first-order valence-electron chi connectivity index (χ1n) is 5.57. The summed E-state index contributed by atoms with van der Waals surface area (Å²) in [6.45, 7) is 1.54. The summed E-state index contributed by atoms with van der Waals surface area (Å²) in [7, 11) is 1.48. The molecule has 0 aromatic heterocycles. The van der Waals surface area contributed by atoms with Crippen LogP contribution in [0.3, 0.4) is 0 Å². The summed E-state index contributed by atoms with van der Waals surface area (Å²) in [5.41, 5.74) is 0.741. The van der Waals surface area contributed by atoms with Crippen molar-refractivity contribution in [3.8, 4) is 0 Å². The third-order valence-corrected chi connectivity index (χ3v) is 3.48. The van der Waals surface area contributed by atoms with E-state index in [2.05, 4.69) is 5.32 Å². The van der Waals surface area contributed by atoms with Crippen molar-refractivity contribution in [3.63, 3.8) is 0 Å². The van der Waals surface area contributed by atoms with E-state index in [9.17, 15) is 14.9 Å². The Kier molecular flexibility index (Phi) is 3.44. The maximum atomic E-state index is 11.8. The summed E-state index contributed by atoms with van der Waals surface area (Å²) in [5, 5.41) is 14.2. The van der Waals surface area contributed by atoms with E-state index in [4.69, 9.17) is 11.6 Å². The van der Waals surface area contributed by atoms with Gasteiger partial charge >= 0.3 is 6.03 Å². The number of carbonyl (C=O) groups is 1. The molecule has 2 amide bonds. The van der Waals surface area contributed by atoms with Crippen LogP contribution in [0, 0.1) is 10.1 Å². The van der Waals surface area contributed by atoms with Gasteiger partial charge in [-0.15, -0.1) is 0 Å². The lowest BCUT2D eigenvalue weighted by Gasteiger charge is -2.29. The van der Waals surface area contributed by atoms with Gasteiger partial charge in [-0.25, -0.2) is 4.79 Å². The second-order valence-electron chi connectivity index (χ2n) is 4.19. The third kappa shape index (κ3) is 2.26. The van der Waals surface area contributed by atoms with E-state index in [1.165, 1.54) is 11.9 Å². The van der Waals surface area contributed by atoms with Gasteiger partial charge in [-0.05, 0) is 13.0 Å². The second-order valence-corrected chi connectivity index (χ2v) is 4.60. The van der Waals surface area contributed by atoms with Crippen molar-refractivity contribution in [3.05, 3.63) is 56.4 Å². The monoisotopic (exact) mass is 281 g/mol. The van der Waals surface area contributed by atoms with Crippen LogP contribution in [0.25, 0.3) is 0 Å². The number of allylic oxidation sites excluding steroid dienone is 1. The number of carbonyl (C=O) groups excluding carboxylic acids is 1. The maximum absolute atomic E-state index is 11.8. The van der Waals surface area contributed by atoms with E-state index < -0.39 is 17.0 Å². The largest absolute Gasteiger partial charge is 0.322 e. The molecule has 0 unspecified atom stereocenters. The van der Waals surface area contributed by atoms with Gasteiger partial charge in [-0.1, -0.05) is 29.8 Å². The number of halogens is 1. The zero-order valence-corrected chi connectivity index (χ0v) is 11.1. The van der Waals surface area contributed by atoms with Crippen molar-refractivity contribution in [1.29, 1.82) is 0 Å². The summed E-state index contributed by atoms with van der Waals surface area (Å²) in [5.74, 6) is 0. The van der Waals surface area contributed by atoms with Crippen LogP contribution in [0.4, 0.5) is 4.79 Å². The molecule has 0 spiro atoms. The average Bonchev–Trinajstić information content (AvgIpc) is 2.35. The molecule has 0 radical (unpaired) electrons. The number of urea groups is 1. The molecule has 0 saturated heterocycles. The molecule has 0 bridgehead atoms. The predicted molar refractivity (Wildman–Crippen MR) is 70.2 cm³/mol. The van der Waals surface area contributed by atoms with Crippen molar-refractivity contribution in [2.45, 2.75) is 13.0 Å². The number of nitrogens with zero attached hydrogens (tertiary/aromatic N) is 2. The Morgan fingerprint density at radius 1 is 1.42 bits per heavy atom. The van der Waals surface area contributed by atoms with Crippen LogP contribution in [-0.4, -0.2) is 22.9 Å². The van der Waals surface area contributed by atoms with Crippen LogP contribution < -0.4 is 5.32 Å². The highest BCUT2D eigenvalue weighted by Gasteiger charge is 2.38. The summed E-state index contributed by atoms with van der Waals surface area (Å²) in [6.07, 6.45) is 0. The molecule has 100 valence electrons. The van der Waals surface area contributed by atoms with Crippen LogP contribution >= 0.6 is 11.6 Å². The Morgan fingerprint density at radius 2 is 2.05 bits per heavy atom. The van der Waals surface area contributed by atoms with Gasteiger partial charge in [0.15, 0.2) is 6.04 Å². The Morgan fingerprint density at radius 3 is 2.63 bits per heavy atom. The smallest absolute Gasteiger partial charge is 0.321 e. The van der Waals surface area contributed by atoms with Crippen LogP contribution in [0.15, 0.2) is 35.7 Å². The molecule has 0 fully saturated rings. The fourth-order valence-electron chi connectivity index (χ4n) is 1.99. The van der Waals surface area contributed by atoms with Crippen LogP contribution in [0.1, 0.15) is 18.5 Å². The van der Waals surface area contributed by atoms with Gasteiger partial charge in [0.1, 0.15) is 0 Å². The Balaban J connectivity index is 2.59. The summed E-state index contributed by atoms with van der Waals surface area (Å²) < 4.78 is 0. The van der Waals surface area contributed by atoms with E-state index in [1.54, 1.807) is 31.2 Å². The molecule has 1 atom stereocenters. The molecule has 7 heteroatoms. The van der Waals surface area contributed by atoms with Gasteiger partial charge in [-0.2, -0.15) is 0 Å². The standard InChI is InChI=1S/C12H12ClN3O3/c1-7-11(16(18)19)10(14-12(17)15(7)2)8-5-3-4-6-9(8)13/h3-6,10H,1-2H3,(H,14,17)/t10-/m1/s1. The second kappa shape index (κ2) is 4.89. The summed E-state index contributed by atoms with van der Waals surface area (Å²) in [6, 6.07) is 5.51. The molecule has 1 aliphatic heterocycles. The van der Waals surface area contributed by atoms with Crippen LogP contribution in [0.2, 0.25) is 5.02 Å². The van der Waals surface area contributed by atoms with Gasteiger partial charge in [-0.3, -0.25) is 15.0 Å². The van der Waals surface area contributed by atoms with E-state index in [1.807, 2.05) is 0 Å². The van der Waals surface area contributed by atoms with Crippen LogP contribution in [0.5, 0.6) is 0 Å². The van der Waals surface area contributed by atoms with Gasteiger partial charge < -0.3 is 5.32 Å². The number of hydrogen-bond acceptors (Lipinski definition) is 3. The highest BCUT2D eigenvalue weighted by molar-refractivity contribution is 6.31. The van der Waals surface area contributed by atoms with Crippen molar-refractivity contribution in [2.75, 3.05) is 7.05 Å². The summed E-state index contributed by atoms with van der Waals surface area (Å²) >= 11 is 6.05. The third-order valence-electron chi connectivity index (χ3n) is 3.13. The van der Waals surface area contributed by atoms with Gasteiger partial charge in [0.2, 0.25) is 0 Å². The summed E-state index contributed by atoms with van der Waals surface area (Å²) in [4.78, 5) is 23.7. The Hall–Kier alpha value is -2.08. The molecule has 1 N–H and O–H groups in total. The van der Waals surface area contributed by atoms with Gasteiger partial charge in [0.25, 0.3) is 5.70 Å². The van der Waals surface area contributed by atoms with Crippen molar-refractivity contribution < 1.29 is 9.72 Å². The molecule has 0 aliphatic carbocycles. The number of benzene rings is 1. The first-order chi connectivity index (χ1) is 8.93. The van der Waals surface area contributed by atoms with Crippen molar-refractivity contribution in [2.24, 2.45) is 0 Å². The number of nitro groups is 1. The minimum Gasteiger partial charge on any atom is -0.321 e. The average molecular weight is 282 g/mol. The molecule has 1 aliphatic rings. The number of rotatable bonds is 2. The highest BCUT2D eigenvalue weighted by Crippen LogP contribution is 2.33. The molecule has 0 saturated carbocycles. The predicted octanol–water partition coefficient (Wildman–Crippen LogP) is 2.54. The quantitative estimate of drug-likeness (QED) is 0.668. The van der Waals surface area contributed by atoms with E-state index in [0.29, 0.717) is 16.3 Å². The Labute approximate surface area is 114 Å². The first-order valence-corrected chi connectivity index (χ1v) is 5.95. The number of amides is 2. The molecular weight excluding hydrogens is 270 g/mol. The molecule has 1 heterocycles. The SMILES string of the molecule is CC1=C([N+](=O)[O-])[C@@H](c2ccccc2Cl)NC(=O)N1C. The van der Waals surface area contributed by atoms with E-state index in [0.717, 1.165) is 0 Å². The van der Waals surface area contributed by atoms with E-state index in [-0.39, 0.29) is 5.70 Å². The highest BCUT2D eigenvalue weighted by atomic mass is 35.5. The van der Waals surface area contributed by atoms with Gasteiger partial charge in [0, 0.05) is 17.6 Å². The fraction of sp³-hybridized carbons (Fsp3) is 0.250. The van der Waals surface area contributed by atoms with Crippen molar-refractivity contribution in [1.82, 2.24) is 10.2 Å². The molecule has 6 nitrogen and oxygen atoms in total. The minimum absolute atomic E-state index is 0.0739. The zero-order valence-electron chi connectivity index (χ0n) is 10.4. The first kappa shape index (κ1) is 13.4. The zero-order chi connectivity index (χ0) is 14.2. The van der Waals surface area contributed by atoms with Gasteiger partial charge in [0.05, 0.1) is 10.6 Å². The molecule has 19 heavy (non-hydrogen) atoms.